The summed E-state index contributed by atoms with van der Waals surface area (Å²) in [6.45, 7) is 1.62. The molecule has 1 aromatic carbocycles. The molecule has 2 aromatic rings. The third kappa shape index (κ3) is 2.02. The molecule has 0 radical (unpaired) electrons. The number of aromatic nitrogens is 2. The number of nitrogens with two attached hydrogens (primary N) is 1. The van der Waals surface area contributed by atoms with Crippen LogP contribution in [0.4, 0.5) is 0 Å². The summed E-state index contributed by atoms with van der Waals surface area (Å²) in [6, 6.07) is 5.55. The van der Waals surface area contributed by atoms with Crippen LogP contribution in [0.3, 0.4) is 0 Å². The van der Waals surface area contributed by atoms with Crippen LogP contribution < -0.4 is 15.2 Å². The van der Waals surface area contributed by atoms with Gasteiger partial charge in [-0.2, -0.15) is 0 Å². The largest absolute Gasteiger partial charge is 0.486 e. The van der Waals surface area contributed by atoms with Crippen molar-refractivity contribution in [2.45, 2.75) is 6.42 Å². The lowest BCUT2D eigenvalue weighted by molar-refractivity contribution is 0.171. The molecule has 0 saturated heterocycles. The highest BCUT2D eigenvalue weighted by atomic mass is 16.6. The van der Waals surface area contributed by atoms with Gasteiger partial charge in [0.15, 0.2) is 11.5 Å². The average molecular weight is 247 g/mol. The highest BCUT2D eigenvalue weighted by molar-refractivity contribution is 5.59. The highest BCUT2D eigenvalue weighted by Crippen LogP contribution is 2.33. The topological polar surface area (TPSA) is 83.4 Å². The number of nitrogens with zero attached hydrogens (tertiary/aromatic N) is 2. The Morgan fingerprint density at radius 2 is 1.94 bits per heavy atom. The number of fused-ring (bicyclic) bond motifs is 1. The molecule has 2 heterocycles. The summed E-state index contributed by atoms with van der Waals surface area (Å²) in [4.78, 5) is 0. The van der Waals surface area contributed by atoms with Crippen LogP contribution in [0, 0.1) is 0 Å². The number of benzene rings is 1. The van der Waals surface area contributed by atoms with Crippen LogP contribution in [0.2, 0.25) is 0 Å². The van der Waals surface area contributed by atoms with Gasteiger partial charge in [0.25, 0.3) is 0 Å². The highest BCUT2D eigenvalue weighted by Gasteiger charge is 2.15. The molecule has 0 fully saturated rings. The second-order valence-corrected chi connectivity index (χ2v) is 3.90. The first kappa shape index (κ1) is 11.0. The van der Waals surface area contributed by atoms with Crippen molar-refractivity contribution in [2.75, 3.05) is 19.8 Å². The molecule has 6 nitrogen and oxygen atoms in total. The second-order valence-electron chi connectivity index (χ2n) is 3.90. The van der Waals surface area contributed by atoms with E-state index in [-0.39, 0.29) is 0 Å². The van der Waals surface area contributed by atoms with E-state index in [0.29, 0.717) is 43.7 Å². The lowest BCUT2D eigenvalue weighted by Crippen LogP contribution is -2.15. The van der Waals surface area contributed by atoms with Crippen LogP contribution >= 0.6 is 0 Å². The molecule has 2 N–H and O–H groups in total. The molecule has 6 heteroatoms. The normalized spacial score (nSPS) is 13.6. The van der Waals surface area contributed by atoms with Crippen molar-refractivity contribution in [2.24, 2.45) is 5.73 Å². The Hall–Kier alpha value is -2.08. The van der Waals surface area contributed by atoms with E-state index in [2.05, 4.69) is 10.2 Å². The molecule has 0 bridgehead atoms. The second kappa shape index (κ2) is 4.66. The average Bonchev–Trinajstić information content (AvgIpc) is 2.87. The number of rotatable bonds is 3. The Morgan fingerprint density at radius 1 is 1.11 bits per heavy atom. The van der Waals surface area contributed by atoms with E-state index in [4.69, 9.17) is 19.6 Å². The van der Waals surface area contributed by atoms with Gasteiger partial charge < -0.3 is 19.6 Å². The van der Waals surface area contributed by atoms with Crippen molar-refractivity contribution in [3.63, 3.8) is 0 Å². The molecule has 0 aliphatic carbocycles. The van der Waals surface area contributed by atoms with E-state index < -0.39 is 0 Å². The van der Waals surface area contributed by atoms with E-state index >= 15 is 0 Å². The maximum Gasteiger partial charge on any atom is 0.247 e. The number of ether oxygens (including phenoxy) is 2. The van der Waals surface area contributed by atoms with Gasteiger partial charge in [0.2, 0.25) is 11.8 Å². The molecule has 1 aromatic heterocycles. The molecule has 0 atom stereocenters. The molecule has 0 unspecified atom stereocenters. The third-order valence-corrected chi connectivity index (χ3v) is 2.61. The molecule has 94 valence electrons. The zero-order valence-electron chi connectivity index (χ0n) is 9.76. The van der Waals surface area contributed by atoms with Crippen molar-refractivity contribution in [1.82, 2.24) is 10.2 Å². The summed E-state index contributed by atoms with van der Waals surface area (Å²) in [5, 5.41) is 7.91. The molecular formula is C12H13N3O3. The third-order valence-electron chi connectivity index (χ3n) is 2.61. The van der Waals surface area contributed by atoms with Gasteiger partial charge >= 0.3 is 0 Å². The van der Waals surface area contributed by atoms with Crippen molar-refractivity contribution >= 4 is 0 Å². The van der Waals surface area contributed by atoms with E-state index in [0.717, 1.165) is 11.3 Å². The Kier molecular flexibility index (Phi) is 2.85. The number of hydrogen-bond acceptors (Lipinski definition) is 6. The first-order valence-corrected chi connectivity index (χ1v) is 5.79. The van der Waals surface area contributed by atoms with Gasteiger partial charge in [0, 0.05) is 18.5 Å². The van der Waals surface area contributed by atoms with Crippen molar-refractivity contribution in [1.29, 1.82) is 0 Å². The summed E-state index contributed by atoms with van der Waals surface area (Å²) in [5.74, 6) is 2.46. The van der Waals surface area contributed by atoms with E-state index in [1.54, 1.807) is 0 Å². The molecule has 1 aliphatic rings. The Labute approximate surface area is 104 Å². The molecule has 0 amide bonds. The smallest absolute Gasteiger partial charge is 0.247 e. The van der Waals surface area contributed by atoms with Gasteiger partial charge in [0.1, 0.15) is 13.2 Å². The van der Waals surface area contributed by atoms with Gasteiger partial charge in [-0.1, -0.05) is 0 Å². The van der Waals surface area contributed by atoms with Gasteiger partial charge in [-0.25, -0.2) is 0 Å². The van der Waals surface area contributed by atoms with Crippen LogP contribution in [-0.2, 0) is 6.42 Å². The minimum Gasteiger partial charge on any atom is -0.486 e. The van der Waals surface area contributed by atoms with E-state index in [1.807, 2.05) is 18.2 Å². The van der Waals surface area contributed by atoms with Crippen molar-refractivity contribution in [3.05, 3.63) is 24.1 Å². The van der Waals surface area contributed by atoms with Gasteiger partial charge in [0.05, 0.1) is 0 Å². The lowest BCUT2D eigenvalue weighted by atomic mass is 10.2. The van der Waals surface area contributed by atoms with E-state index in [1.165, 1.54) is 0 Å². The van der Waals surface area contributed by atoms with Crippen molar-refractivity contribution in [3.8, 4) is 23.0 Å². The summed E-state index contributed by atoms with van der Waals surface area (Å²) in [7, 11) is 0. The fourth-order valence-electron chi connectivity index (χ4n) is 1.77. The minimum atomic E-state index is 0.468. The fourth-order valence-corrected chi connectivity index (χ4v) is 1.77. The molecular weight excluding hydrogens is 234 g/mol. The monoisotopic (exact) mass is 247 g/mol. The summed E-state index contributed by atoms with van der Waals surface area (Å²) in [5.41, 5.74) is 6.25. The summed E-state index contributed by atoms with van der Waals surface area (Å²) >= 11 is 0. The quantitative estimate of drug-likeness (QED) is 0.871. The van der Waals surface area contributed by atoms with Gasteiger partial charge in [-0.3, -0.25) is 0 Å². The molecule has 0 spiro atoms. The first-order valence-electron chi connectivity index (χ1n) is 5.79. The van der Waals surface area contributed by atoms with Gasteiger partial charge in [-0.05, 0) is 18.2 Å². The zero-order valence-corrected chi connectivity index (χ0v) is 9.76. The van der Waals surface area contributed by atoms with E-state index in [9.17, 15) is 0 Å². The summed E-state index contributed by atoms with van der Waals surface area (Å²) < 4.78 is 16.5. The SMILES string of the molecule is NCCc1nnc(-c2ccc3c(c2)OCCO3)o1. The standard InChI is InChI=1S/C12H13N3O3/c13-4-3-11-14-15-12(18-11)8-1-2-9-10(7-8)17-6-5-16-9/h1-2,7H,3-6,13H2. The molecule has 1 aliphatic heterocycles. The van der Waals surface area contributed by atoms with Crippen LogP contribution in [0.1, 0.15) is 5.89 Å². The molecule has 18 heavy (non-hydrogen) atoms. The first-order chi connectivity index (χ1) is 8.86. The Bertz CT molecular complexity index is 553. The lowest BCUT2D eigenvalue weighted by Gasteiger charge is -2.18. The maximum atomic E-state index is 5.51. The van der Waals surface area contributed by atoms with Crippen LogP contribution in [0.5, 0.6) is 11.5 Å². The molecule has 0 saturated carbocycles. The zero-order chi connectivity index (χ0) is 12.4. The van der Waals surface area contributed by atoms with Crippen LogP contribution in [0.25, 0.3) is 11.5 Å². The van der Waals surface area contributed by atoms with Crippen LogP contribution in [-0.4, -0.2) is 30.0 Å². The summed E-state index contributed by atoms with van der Waals surface area (Å²) in [6.07, 6.45) is 0.581. The Morgan fingerprint density at radius 3 is 2.78 bits per heavy atom. The fraction of sp³-hybridized carbons (Fsp3) is 0.333. The number of hydrogen-bond donors (Lipinski definition) is 1. The molecule has 3 rings (SSSR count). The predicted molar refractivity (Wildman–Crippen MR) is 63.5 cm³/mol. The minimum absolute atomic E-state index is 0.468. The van der Waals surface area contributed by atoms with Crippen LogP contribution in [0.15, 0.2) is 22.6 Å². The maximum absolute atomic E-state index is 5.51. The van der Waals surface area contributed by atoms with Crippen molar-refractivity contribution < 1.29 is 13.9 Å². The Balaban J connectivity index is 1.91. The predicted octanol–water partition coefficient (Wildman–Crippen LogP) is 1.01. The van der Waals surface area contributed by atoms with Gasteiger partial charge in [-0.15, -0.1) is 10.2 Å².